The Bertz CT molecular complexity index is 1010. The molecule has 2 aromatic rings. The summed E-state index contributed by atoms with van der Waals surface area (Å²) in [7, 11) is -2.16. The molecule has 1 fully saturated rings. The molecular formula is C21H25ClN2O5S. The maximum absolute atomic E-state index is 12.9. The van der Waals surface area contributed by atoms with Crippen LogP contribution in [0.1, 0.15) is 26.2 Å². The molecule has 9 heteroatoms. The zero-order chi connectivity index (χ0) is 21.7. The van der Waals surface area contributed by atoms with Crippen LogP contribution >= 0.6 is 11.6 Å². The first-order chi connectivity index (χ1) is 14.3. The Hall–Kier alpha value is -2.29. The summed E-state index contributed by atoms with van der Waals surface area (Å²) in [6.45, 7) is 2.82. The monoisotopic (exact) mass is 452 g/mol. The van der Waals surface area contributed by atoms with Crippen LogP contribution < -0.4 is 14.8 Å². The number of sulfonamides is 1. The minimum atomic E-state index is -3.62. The van der Waals surface area contributed by atoms with Crippen molar-refractivity contribution in [3.63, 3.8) is 0 Å². The number of ether oxygens (including phenoxy) is 2. The van der Waals surface area contributed by atoms with Crippen molar-refractivity contribution in [1.82, 2.24) is 4.31 Å². The van der Waals surface area contributed by atoms with Crippen LogP contribution in [0.2, 0.25) is 5.02 Å². The fourth-order valence-electron chi connectivity index (χ4n) is 3.26. The zero-order valence-electron chi connectivity index (χ0n) is 16.9. The molecule has 1 heterocycles. The van der Waals surface area contributed by atoms with Gasteiger partial charge in [-0.1, -0.05) is 24.6 Å². The number of benzene rings is 2. The summed E-state index contributed by atoms with van der Waals surface area (Å²) in [5.74, 6) is 0.426. The van der Waals surface area contributed by atoms with Crippen molar-refractivity contribution in [1.29, 1.82) is 0 Å². The van der Waals surface area contributed by atoms with E-state index >= 15 is 0 Å². The smallest absolute Gasteiger partial charge is 0.265 e. The molecule has 1 aliphatic heterocycles. The number of amides is 1. The number of carbonyl (C=O) groups is 1. The molecule has 0 saturated carbocycles. The van der Waals surface area contributed by atoms with E-state index < -0.39 is 22.0 Å². The molecule has 0 aliphatic carbocycles. The summed E-state index contributed by atoms with van der Waals surface area (Å²) in [6, 6.07) is 11.2. The van der Waals surface area contributed by atoms with Gasteiger partial charge < -0.3 is 14.8 Å². The van der Waals surface area contributed by atoms with Gasteiger partial charge >= 0.3 is 0 Å². The van der Waals surface area contributed by atoms with E-state index in [0.29, 0.717) is 36.0 Å². The molecule has 0 bridgehead atoms. The average Bonchev–Trinajstić information content (AvgIpc) is 3.27. The van der Waals surface area contributed by atoms with Crippen molar-refractivity contribution in [2.24, 2.45) is 0 Å². The van der Waals surface area contributed by atoms with E-state index in [0.717, 1.165) is 12.8 Å². The molecule has 162 valence electrons. The maximum atomic E-state index is 12.9. The van der Waals surface area contributed by atoms with Gasteiger partial charge in [-0.25, -0.2) is 8.42 Å². The number of methoxy groups -OCH3 is 1. The Balaban J connectivity index is 1.82. The van der Waals surface area contributed by atoms with E-state index in [1.807, 2.05) is 6.92 Å². The molecule has 3 rings (SSSR count). The number of nitrogens with one attached hydrogen (secondary N) is 1. The lowest BCUT2D eigenvalue weighted by atomic mass is 10.2. The number of hydrogen-bond acceptors (Lipinski definition) is 5. The van der Waals surface area contributed by atoms with Crippen molar-refractivity contribution in [2.45, 2.75) is 37.2 Å². The summed E-state index contributed by atoms with van der Waals surface area (Å²) >= 11 is 5.98. The standard InChI is InChI=1S/C21H25ClN2O5S/c1-3-19(29-16-8-6-7-15(22)13-16)21(25)23-18-14-17(9-10-20(18)28-2)30(26,27)24-11-4-5-12-24/h6-10,13-14,19H,3-5,11-12H2,1-2H3,(H,23,25). The Morgan fingerprint density at radius 1 is 1.20 bits per heavy atom. The molecular weight excluding hydrogens is 428 g/mol. The van der Waals surface area contributed by atoms with Gasteiger partial charge in [-0.05, 0) is 55.7 Å². The highest BCUT2D eigenvalue weighted by atomic mass is 35.5. The third-order valence-corrected chi connectivity index (χ3v) is 7.00. The summed E-state index contributed by atoms with van der Waals surface area (Å²) in [5, 5.41) is 3.25. The van der Waals surface area contributed by atoms with Crippen LogP contribution in [0.4, 0.5) is 5.69 Å². The lowest BCUT2D eigenvalue weighted by Gasteiger charge is -2.20. The van der Waals surface area contributed by atoms with Gasteiger partial charge in [-0.2, -0.15) is 4.31 Å². The summed E-state index contributed by atoms with van der Waals surface area (Å²) < 4.78 is 38.3. The highest BCUT2D eigenvalue weighted by molar-refractivity contribution is 7.89. The Labute approximate surface area is 182 Å². The molecule has 1 saturated heterocycles. The molecule has 1 aliphatic rings. The second kappa shape index (κ2) is 9.68. The Kier molecular flexibility index (Phi) is 7.23. The molecule has 1 unspecified atom stereocenters. The van der Waals surface area contributed by atoms with E-state index in [2.05, 4.69) is 5.32 Å². The van der Waals surface area contributed by atoms with Crippen LogP contribution in [0, 0.1) is 0 Å². The SMILES string of the molecule is CCC(Oc1cccc(Cl)c1)C(=O)Nc1cc(S(=O)(=O)N2CCCC2)ccc1OC. The molecule has 1 N–H and O–H groups in total. The number of hydrogen-bond donors (Lipinski definition) is 1. The predicted molar refractivity (Wildman–Crippen MR) is 116 cm³/mol. The van der Waals surface area contributed by atoms with Gasteiger partial charge in [0.05, 0.1) is 17.7 Å². The number of rotatable bonds is 8. The van der Waals surface area contributed by atoms with Crippen LogP contribution in [0.25, 0.3) is 0 Å². The lowest BCUT2D eigenvalue weighted by molar-refractivity contribution is -0.122. The first-order valence-electron chi connectivity index (χ1n) is 9.76. The molecule has 1 atom stereocenters. The van der Waals surface area contributed by atoms with E-state index in [1.165, 1.54) is 29.6 Å². The fraction of sp³-hybridized carbons (Fsp3) is 0.381. The number of carbonyl (C=O) groups excluding carboxylic acids is 1. The quantitative estimate of drug-likeness (QED) is 0.656. The van der Waals surface area contributed by atoms with Crippen LogP contribution in [0.5, 0.6) is 11.5 Å². The first-order valence-corrected chi connectivity index (χ1v) is 11.6. The summed E-state index contributed by atoms with van der Waals surface area (Å²) in [6.07, 6.45) is 1.31. The number of halogens is 1. The third-order valence-electron chi connectivity index (χ3n) is 4.87. The molecule has 2 aromatic carbocycles. The summed E-state index contributed by atoms with van der Waals surface area (Å²) in [4.78, 5) is 12.9. The predicted octanol–water partition coefficient (Wildman–Crippen LogP) is 3.93. The Morgan fingerprint density at radius 2 is 1.93 bits per heavy atom. The molecule has 1 amide bonds. The molecule has 0 aromatic heterocycles. The third kappa shape index (κ3) is 5.06. The van der Waals surface area contributed by atoms with Crippen molar-refractivity contribution in [3.8, 4) is 11.5 Å². The van der Waals surface area contributed by atoms with Crippen LogP contribution in [0.3, 0.4) is 0 Å². The van der Waals surface area contributed by atoms with E-state index in [4.69, 9.17) is 21.1 Å². The fourth-order valence-corrected chi connectivity index (χ4v) is 4.99. The van der Waals surface area contributed by atoms with E-state index in [9.17, 15) is 13.2 Å². The number of nitrogens with zero attached hydrogens (tertiary/aromatic N) is 1. The second-order valence-electron chi connectivity index (χ2n) is 6.93. The summed E-state index contributed by atoms with van der Waals surface area (Å²) in [5.41, 5.74) is 0.274. The first kappa shape index (κ1) is 22.4. The molecule has 0 spiro atoms. The van der Waals surface area contributed by atoms with Crippen molar-refractivity contribution in [2.75, 3.05) is 25.5 Å². The van der Waals surface area contributed by atoms with Crippen molar-refractivity contribution in [3.05, 3.63) is 47.5 Å². The van der Waals surface area contributed by atoms with Gasteiger partial charge in [0.2, 0.25) is 10.0 Å². The second-order valence-corrected chi connectivity index (χ2v) is 9.31. The average molecular weight is 453 g/mol. The van der Waals surface area contributed by atoms with Gasteiger partial charge in [0.1, 0.15) is 11.5 Å². The minimum Gasteiger partial charge on any atom is -0.495 e. The highest BCUT2D eigenvalue weighted by Crippen LogP contribution is 2.30. The van der Waals surface area contributed by atoms with Gasteiger partial charge in [0.15, 0.2) is 6.10 Å². The van der Waals surface area contributed by atoms with E-state index in [1.54, 1.807) is 24.3 Å². The molecule has 7 nitrogen and oxygen atoms in total. The topological polar surface area (TPSA) is 84.9 Å². The van der Waals surface area contributed by atoms with Crippen molar-refractivity contribution < 1.29 is 22.7 Å². The minimum absolute atomic E-state index is 0.115. The zero-order valence-corrected chi connectivity index (χ0v) is 18.5. The highest BCUT2D eigenvalue weighted by Gasteiger charge is 2.28. The van der Waals surface area contributed by atoms with Crippen molar-refractivity contribution >= 4 is 33.2 Å². The van der Waals surface area contributed by atoms with E-state index in [-0.39, 0.29) is 10.6 Å². The maximum Gasteiger partial charge on any atom is 0.265 e. The van der Waals surface area contributed by atoms with Gasteiger partial charge in [0.25, 0.3) is 5.91 Å². The van der Waals surface area contributed by atoms with Gasteiger partial charge in [-0.15, -0.1) is 0 Å². The van der Waals surface area contributed by atoms with Crippen LogP contribution in [-0.2, 0) is 14.8 Å². The van der Waals surface area contributed by atoms with Gasteiger partial charge in [-0.3, -0.25) is 4.79 Å². The largest absolute Gasteiger partial charge is 0.495 e. The van der Waals surface area contributed by atoms with Crippen LogP contribution in [-0.4, -0.2) is 44.9 Å². The lowest BCUT2D eigenvalue weighted by Crippen LogP contribution is -2.32. The normalized spacial score (nSPS) is 15.6. The number of anilines is 1. The van der Waals surface area contributed by atoms with Crippen LogP contribution in [0.15, 0.2) is 47.4 Å². The Morgan fingerprint density at radius 3 is 2.57 bits per heavy atom. The molecule has 0 radical (unpaired) electrons. The molecule has 30 heavy (non-hydrogen) atoms. The van der Waals surface area contributed by atoms with Gasteiger partial charge in [0, 0.05) is 18.1 Å².